The number of rotatable bonds is 9. The van der Waals surface area contributed by atoms with Crippen LogP contribution >= 0.6 is 45.6 Å². The van der Waals surface area contributed by atoms with Crippen LogP contribution in [0.1, 0.15) is 43.1 Å². The van der Waals surface area contributed by atoms with Gasteiger partial charge in [-0.1, -0.05) is 29.8 Å². The number of aliphatic imine (C=N–C) groups is 1. The molecule has 0 saturated carbocycles. The summed E-state index contributed by atoms with van der Waals surface area (Å²) in [5.41, 5.74) is 2.06. The molecule has 168 valence electrons. The molecule has 4 rings (SSSR count). The molecule has 0 atom stereocenters. The van der Waals surface area contributed by atoms with E-state index in [9.17, 15) is 14.7 Å². The molecule has 0 aliphatic heterocycles. The van der Waals surface area contributed by atoms with Gasteiger partial charge in [0.05, 0.1) is 14.6 Å². The number of Topliss-reactive ketones (excluding diaryl/α,β-unsaturated/α-hetero) is 2. The zero-order valence-electron chi connectivity index (χ0n) is 17.7. The fourth-order valence-corrected chi connectivity index (χ4v) is 5.97. The lowest BCUT2D eigenvalue weighted by molar-refractivity contribution is 0.0985. The van der Waals surface area contributed by atoms with Gasteiger partial charge in [0.15, 0.2) is 11.6 Å². The Morgan fingerprint density at radius 3 is 2.42 bits per heavy atom. The lowest BCUT2D eigenvalue weighted by Crippen LogP contribution is -2.04. The number of carbonyl (C=O) groups excluding carboxylic acids is 2. The number of hydrogen-bond acceptors (Lipinski definition) is 7. The van der Waals surface area contributed by atoms with Gasteiger partial charge in [0.1, 0.15) is 12.3 Å². The number of halogens is 1. The van der Waals surface area contributed by atoms with Crippen molar-refractivity contribution in [1.82, 2.24) is 0 Å². The van der Waals surface area contributed by atoms with Crippen molar-refractivity contribution in [2.24, 2.45) is 4.99 Å². The summed E-state index contributed by atoms with van der Waals surface area (Å²) in [6.07, 6.45) is 1.14. The van der Waals surface area contributed by atoms with Gasteiger partial charge < -0.3 is 5.11 Å². The Labute approximate surface area is 208 Å². The van der Waals surface area contributed by atoms with E-state index in [0.717, 1.165) is 10.4 Å². The van der Waals surface area contributed by atoms with Crippen LogP contribution in [0.25, 0.3) is 10.4 Å². The van der Waals surface area contributed by atoms with Crippen LogP contribution in [0.4, 0.5) is 0 Å². The highest BCUT2D eigenvalue weighted by molar-refractivity contribution is 7.16. The quantitative estimate of drug-likeness (QED) is 0.187. The van der Waals surface area contributed by atoms with Crippen molar-refractivity contribution in [2.75, 3.05) is 6.54 Å². The van der Waals surface area contributed by atoms with Crippen molar-refractivity contribution in [3.8, 4) is 16.2 Å². The molecule has 0 saturated heterocycles. The van der Waals surface area contributed by atoms with E-state index in [1.54, 1.807) is 42.5 Å². The molecule has 3 heterocycles. The molecule has 8 heteroatoms. The molecule has 1 N–H and O–H groups in total. The minimum atomic E-state index is -0.149. The summed E-state index contributed by atoms with van der Waals surface area (Å²) in [5, 5.41) is 15.1. The highest BCUT2D eigenvalue weighted by Crippen LogP contribution is 2.39. The maximum atomic E-state index is 12.6. The van der Waals surface area contributed by atoms with Crippen LogP contribution in [-0.4, -0.2) is 28.9 Å². The molecule has 0 aliphatic carbocycles. The Kier molecular flexibility index (Phi) is 7.55. The minimum absolute atomic E-state index is 0.0409. The van der Waals surface area contributed by atoms with Crippen LogP contribution in [0.3, 0.4) is 0 Å². The van der Waals surface area contributed by atoms with Gasteiger partial charge in [-0.3, -0.25) is 14.6 Å². The van der Waals surface area contributed by atoms with Gasteiger partial charge >= 0.3 is 0 Å². The molecule has 1 aromatic carbocycles. The predicted octanol–water partition coefficient (Wildman–Crippen LogP) is 7.40. The Balaban J connectivity index is 1.39. The summed E-state index contributed by atoms with van der Waals surface area (Å²) in [5.74, 6) is 0.0418. The Bertz CT molecular complexity index is 1300. The number of aryl methyl sites for hydroxylation is 1. The van der Waals surface area contributed by atoms with Crippen molar-refractivity contribution < 1.29 is 14.7 Å². The molecule has 0 unspecified atom stereocenters. The molecule has 0 spiro atoms. The molecule has 4 nitrogen and oxygen atoms in total. The third-order valence-corrected chi connectivity index (χ3v) is 8.43. The van der Waals surface area contributed by atoms with Gasteiger partial charge in [0.2, 0.25) is 0 Å². The van der Waals surface area contributed by atoms with Crippen LogP contribution in [-0.2, 0) is 6.42 Å². The summed E-state index contributed by atoms with van der Waals surface area (Å²) >= 11 is 10.2. The molecule has 0 radical (unpaired) electrons. The van der Waals surface area contributed by atoms with Crippen molar-refractivity contribution in [3.63, 3.8) is 0 Å². The second-order valence-electron chi connectivity index (χ2n) is 7.33. The summed E-state index contributed by atoms with van der Waals surface area (Å²) in [6, 6.07) is 14.7. The Morgan fingerprint density at radius 2 is 1.73 bits per heavy atom. The van der Waals surface area contributed by atoms with Crippen molar-refractivity contribution in [1.29, 1.82) is 0 Å². The smallest absolute Gasteiger partial charge is 0.194 e. The van der Waals surface area contributed by atoms with Crippen LogP contribution in [0.15, 0.2) is 64.3 Å². The molecule has 0 fully saturated rings. The molecule has 0 bridgehead atoms. The van der Waals surface area contributed by atoms with E-state index in [0.29, 0.717) is 38.9 Å². The molecule has 33 heavy (non-hydrogen) atoms. The summed E-state index contributed by atoms with van der Waals surface area (Å²) in [6.45, 7) is 1.73. The van der Waals surface area contributed by atoms with E-state index in [4.69, 9.17) is 11.6 Å². The predicted molar refractivity (Wildman–Crippen MR) is 139 cm³/mol. The highest BCUT2D eigenvalue weighted by Gasteiger charge is 2.17. The van der Waals surface area contributed by atoms with Gasteiger partial charge in [-0.05, 0) is 54.6 Å². The fraction of sp³-hybridized carbons (Fsp3) is 0.160. The van der Waals surface area contributed by atoms with E-state index < -0.39 is 0 Å². The average Bonchev–Trinajstić information content (AvgIpc) is 3.57. The molecule has 0 aliphatic rings. The average molecular weight is 514 g/mol. The van der Waals surface area contributed by atoms with Crippen LogP contribution < -0.4 is 0 Å². The van der Waals surface area contributed by atoms with E-state index in [-0.39, 0.29) is 23.9 Å². The molecular formula is C25H20ClNO3S3. The van der Waals surface area contributed by atoms with Gasteiger partial charge in [-0.25, -0.2) is 0 Å². The van der Waals surface area contributed by atoms with Crippen molar-refractivity contribution in [3.05, 3.63) is 84.5 Å². The van der Waals surface area contributed by atoms with Crippen molar-refractivity contribution >= 4 is 62.9 Å². The first-order valence-electron chi connectivity index (χ1n) is 10.2. The van der Waals surface area contributed by atoms with Crippen LogP contribution in [0.2, 0.25) is 5.02 Å². The maximum absolute atomic E-state index is 12.6. The second-order valence-corrected chi connectivity index (χ2v) is 10.8. The maximum Gasteiger partial charge on any atom is 0.194 e. The summed E-state index contributed by atoms with van der Waals surface area (Å²) in [7, 11) is 0. The van der Waals surface area contributed by atoms with E-state index in [2.05, 4.69) is 4.99 Å². The standard InChI is InChI=1S/C25H20ClNO3S3/c1-15(19-14-32-25(24(19)30)16-4-6-17(26)7-5-16)27-13-21(29)23-11-10-22(33-23)20(28)9-8-18-3-2-12-31-18/h2-7,10-12,14,30H,8-9,13H2,1H3. The number of thiophene rings is 3. The zero-order chi connectivity index (χ0) is 23.4. The van der Waals surface area contributed by atoms with Gasteiger partial charge in [0.25, 0.3) is 0 Å². The second kappa shape index (κ2) is 10.6. The number of aromatic hydroxyl groups is 1. The van der Waals surface area contributed by atoms with Gasteiger partial charge in [0, 0.05) is 33.0 Å². The Morgan fingerprint density at radius 1 is 1.00 bits per heavy atom. The molecular weight excluding hydrogens is 494 g/mol. The first-order valence-corrected chi connectivity index (χ1v) is 13.1. The summed E-state index contributed by atoms with van der Waals surface area (Å²) in [4.78, 5) is 32.5. The van der Waals surface area contributed by atoms with Crippen molar-refractivity contribution in [2.45, 2.75) is 19.8 Å². The third-order valence-electron chi connectivity index (χ3n) is 5.06. The number of hydrogen-bond donors (Lipinski definition) is 1. The van der Waals surface area contributed by atoms with Crippen LogP contribution in [0.5, 0.6) is 5.75 Å². The molecule has 0 amide bonds. The molecule has 4 aromatic rings. The number of carbonyl (C=O) groups is 2. The number of benzene rings is 1. The first-order chi connectivity index (χ1) is 15.9. The van der Waals surface area contributed by atoms with Gasteiger partial charge in [-0.2, -0.15) is 0 Å². The monoisotopic (exact) mass is 513 g/mol. The third kappa shape index (κ3) is 5.68. The first kappa shape index (κ1) is 23.6. The largest absolute Gasteiger partial charge is 0.506 e. The highest BCUT2D eigenvalue weighted by atomic mass is 35.5. The topological polar surface area (TPSA) is 66.7 Å². The number of ketones is 2. The van der Waals surface area contributed by atoms with Crippen LogP contribution in [0, 0.1) is 0 Å². The van der Waals surface area contributed by atoms with Gasteiger partial charge in [-0.15, -0.1) is 34.0 Å². The van der Waals surface area contributed by atoms with E-state index in [1.165, 1.54) is 27.6 Å². The van der Waals surface area contributed by atoms with E-state index in [1.807, 2.05) is 35.0 Å². The zero-order valence-corrected chi connectivity index (χ0v) is 20.9. The fourth-order valence-electron chi connectivity index (χ4n) is 3.22. The SMILES string of the molecule is CC(=NCC(=O)c1ccc(C(=O)CCc2cccs2)s1)c1csc(-c2ccc(Cl)cc2)c1O. The Hall–Kier alpha value is -2.58. The molecule has 3 aromatic heterocycles. The lowest BCUT2D eigenvalue weighted by Gasteiger charge is -2.02. The normalized spacial score (nSPS) is 11.6. The lowest BCUT2D eigenvalue weighted by atomic mass is 10.1. The van der Waals surface area contributed by atoms with E-state index >= 15 is 0 Å². The number of nitrogens with zero attached hydrogens (tertiary/aromatic N) is 1. The minimum Gasteiger partial charge on any atom is -0.506 e. The summed E-state index contributed by atoms with van der Waals surface area (Å²) < 4.78 is 0.